The lowest BCUT2D eigenvalue weighted by Crippen LogP contribution is -2.29. The van der Waals surface area contributed by atoms with Crippen molar-refractivity contribution in [2.75, 3.05) is 13.2 Å². The van der Waals surface area contributed by atoms with Crippen LogP contribution in [0.3, 0.4) is 0 Å². The standard InChI is InChI=1S/C21H21NO5/c1-2-12-22-19(23)14-26-21(24)20-17(13-25-15-8-4-3-5-9-15)16-10-6-7-11-18(16)27-20/h3-11H,2,12-14H2,1H3,(H,22,23). The maximum atomic E-state index is 12.5. The van der Waals surface area contributed by atoms with Crippen LogP contribution in [-0.4, -0.2) is 25.0 Å². The van der Waals surface area contributed by atoms with Crippen molar-refractivity contribution in [3.05, 3.63) is 65.9 Å². The van der Waals surface area contributed by atoms with Crippen LogP contribution in [0.1, 0.15) is 29.5 Å². The molecule has 2 aromatic carbocycles. The molecule has 0 spiro atoms. The molecule has 0 aliphatic carbocycles. The van der Waals surface area contributed by atoms with Crippen molar-refractivity contribution in [1.29, 1.82) is 0 Å². The van der Waals surface area contributed by atoms with Crippen molar-refractivity contribution in [1.82, 2.24) is 5.32 Å². The van der Waals surface area contributed by atoms with Crippen LogP contribution in [0, 0.1) is 0 Å². The number of benzene rings is 2. The Labute approximate surface area is 157 Å². The fraction of sp³-hybridized carbons (Fsp3) is 0.238. The predicted octanol–water partition coefficient (Wildman–Crippen LogP) is 3.69. The molecule has 0 saturated carbocycles. The Balaban J connectivity index is 1.77. The maximum Gasteiger partial charge on any atom is 0.375 e. The third-order valence-corrected chi connectivity index (χ3v) is 3.92. The van der Waals surface area contributed by atoms with Crippen molar-refractivity contribution in [3.63, 3.8) is 0 Å². The van der Waals surface area contributed by atoms with Gasteiger partial charge in [-0.2, -0.15) is 0 Å². The highest BCUT2D eigenvalue weighted by Gasteiger charge is 2.23. The lowest BCUT2D eigenvalue weighted by atomic mass is 10.1. The summed E-state index contributed by atoms with van der Waals surface area (Å²) in [4.78, 5) is 24.1. The van der Waals surface area contributed by atoms with E-state index >= 15 is 0 Å². The normalized spacial score (nSPS) is 10.6. The molecule has 3 rings (SSSR count). The zero-order valence-electron chi connectivity index (χ0n) is 15.1. The van der Waals surface area contributed by atoms with Crippen LogP contribution in [0.4, 0.5) is 0 Å². The Morgan fingerprint density at radius 2 is 1.78 bits per heavy atom. The molecule has 6 nitrogen and oxygen atoms in total. The zero-order valence-corrected chi connectivity index (χ0v) is 15.1. The van der Waals surface area contributed by atoms with Gasteiger partial charge in [-0.3, -0.25) is 4.79 Å². The summed E-state index contributed by atoms with van der Waals surface area (Å²) < 4.78 is 16.6. The molecular formula is C21H21NO5. The molecular weight excluding hydrogens is 346 g/mol. The summed E-state index contributed by atoms with van der Waals surface area (Å²) in [7, 11) is 0. The van der Waals surface area contributed by atoms with Gasteiger partial charge >= 0.3 is 5.97 Å². The molecule has 0 unspecified atom stereocenters. The molecule has 0 aliphatic heterocycles. The van der Waals surface area contributed by atoms with Crippen LogP contribution in [0.15, 0.2) is 59.0 Å². The number of carbonyl (C=O) groups excluding carboxylic acids is 2. The predicted molar refractivity (Wildman–Crippen MR) is 101 cm³/mol. The number of carbonyl (C=O) groups is 2. The first kappa shape index (κ1) is 18.5. The molecule has 3 aromatic rings. The highest BCUT2D eigenvalue weighted by molar-refractivity contribution is 5.96. The molecule has 1 aromatic heterocycles. The van der Waals surface area contributed by atoms with E-state index < -0.39 is 5.97 Å². The molecule has 1 N–H and O–H groups in total. The van der Waals surface area contributed by atoms with Gasteiger partial charge in [0.15, 0.2) is 6.61 Å². The first-order valence-electron chi connectivity index (χ1n) is 8.81. The third kappa shape index (κ3) is 4.67. The number of para-hydroxylation sites is 2. The quantitative estimate of drug-likeness (QED) is 0.614. The molecule has 27 heavy (non-hydrogen) atoms. The van der Waals surface area contributed by atoms with E-state index in [1.807, 2.05) is 55.5 Å². The van der Waals surface area contributed by atoms with Gasteiger partial charge in [0.25, 0.3) is 5.91 Å². The second-order valence-electron chi connectivity index (χ2n) is 5.93. The highest BCUT2D eigenvalue weighted by Crippen LogP contribution is 2.28. The van der Waals surface area contributed by atoms with Crippen molar-refractivity contribution >= 4 is 22.8 Å². The van der Waals surface area contributed by atoms with Gasteiger partial charge in [-0.25, -0.2) is 4.79 Å². The van der Waals surface area contributed by atoms with E-state index in [9.17, 15) is 9.59 Å². The third-order valence-electron chi connectivity index (χ3n) is 3.92. The number of esters is 1. The smallest absolute Gasteiger partial charge is 0.375 e. The lowest BCUT2D eigenvalue weighted by molar-refractivity contribution is -0.124. The number of hydrogen-bond donors (Lipinski definition) is 1. The van der Waals surface area contributed by atoms with Crippen LogP contribution in [0.5, 0.6) is 5.75 Å². The van der Waals surface area contributed by atoms with Crippen molar-refractivity contribution in [3.8, 4) is 5.75 Å². The van der Waals surface area contributed by atoms with Gasteiger partial charge in [-0.15, -0.1) is 0 Å². The molecule has 1 amide bonds. The number of furan rings is 1. The van der Waals surface area contributed by atoms with Crippen LogP contribution in [0.25, 0.3) is 11.0 Å². The summed E-state index contributed by atoms with van der Waals surface area (Å²) in [5.41, 5.74) is 1.15. The first-order valence-corrected chi connectivity index (χ1v) is 8.81. The Hall–Kier alpha value is -3.28. The van der Waals surface area contributed by atoms with Crippen LogP contribution < -0.4 is 10.1 Å². The summed E-state index contributed by atoms with van der Waals surface area (Å²) in [6.07, 6.45) is 0.810. The van der Waals surface area contributed by atoms with Gasteiger partial charge in [-0.05, 0) is 24.6 Å². The number of hydrogen-bond acceptors (Lipinski definition) is 5. The van der Waals surface area contributed by atoms with Gasteiger partial charge in [0.1, 0.15) is 17.9 Å². The summed E-state index contributed by atoms with van der Waals surface area (Å²) >= 11 is 0. The molecule has 6 heteroatoms. The van der Waals surface area contributed by atoms with E-state index in [2.05, 4.69) is 5.32 Å². The minimum atomic E-state index is -0.690. The molecule has 0 bridgehead atoms. The fourth-order valence-electron chi connectivity index (χ4n) is 2.59. The van der Waals surface area contributed by atoms with E-state index in [-0.39, 0.29) is 24.9 Å². The van der Waals surface area contributed by atoms with E-state index in [0.717, 1.165) is 11.8 Å². The summed E-state index contributed by atoms with van der Waals surface area (Å²) in [6.45, 7) is 2.28. The molecule has 1 heterocycles. The van der Waals surface area contributed by atoms with E-state index in [0.29, 0.717) is 23.4 Å². The minimum Gasteiger partial charge on any atom is -0.489 e. The Kier molecular flexibility index (Phi) is 6.10. The Bertz CT molecular complexity index is 917. The summed E-state index contributed by atoms with van der Waals surface area (Å²) in [5.74, 6) is -0.302. The average molecular weight is 367 g/mol. The summed E-state index contributed by atoms with van der Waals surface area (Å²) in [5, 5.41) is 3.43. The van der Waals surface area contributed by atoms with Crippen molar-refractivity contribution in [2.45, 2.75) is 20.0 Å². The van der Waals surface area contributed by atoms with Gasteiger partial charge in [0, 0.05) is 11.9 Å². The molecule has 0 aliphatic rings. The van der Waals surface area contributed by atoms with Gasteiger partial charge in [0.2, 0.25) is 5.76 Å². The largest absolute Gasteiger partial charge is 0.489 e. The SMILES string of the molecule is CCCNC(=O)COC(=O)c1oc2ccccc2c1COc1ccccc1. The molecule has 0 atom stereocenters. The number of amides is 1. The first-order chi connectivity index (χ1) is 13.2. The van der Waals surface area contributed by atoms with E-state index in [4.69, 9.17) is 13.9 Å². The Morgan fingerprint density at radius 3 is 2.56 bits per heavy atom. The molecule has 0 radical (unpaired) electrons. The van der Waals surface area contributed by atoms with Crippen LogP contribution in [0.2, 0.25) is 0 Å². The van der Waals surface area contributed by atoms with Gasteiger partial charge < -0.3 is 19.2 Å². The number of nitrogens with one attached hydrogen (secondary N) is 1. The topological polar surface area (TPSA) is 77.8 Å². The van der Waals surface area contributed by atoms with Crippen molar-refractivity contribution < 1.29 is 23.5 Å². The van der Waals surface area contributed by atoms with Gasteiger partial charge in [-0.1, -0.05) is 43.3 Å². The number of ether oxygens (including phenoxy) is 2. The number of rotatable bonds is 8. The van der Waals surface area contributed by atoms with Crippen LogP contribution >= 0.6 is 0 Å². The van der Waals surface area contributed by atoms with Crippen molar-refractivity contribution in [2.24, 2.45) is 0 Å². The molecule has 0 fully saturated rings. The Morgan fingerprint density at radius 1 is 1.04 bits per heavy atom. The minimum absolute atomic E-state index is 0.0513. The average Bonchev–Trinajstić information content (AvgIpc) is 3.08. The second-order valence-corrected chi connectivity index (χ2v) is 5.93. The molecule has 140 valence electrons. The monoisotopic (exact) mass is 367 g/mol. The van der Waals surface area contributed by atoms with E-state index in [1.54, 1.807) is 6.07 Å². The van der Waals surface area contributed by atoms with Crippen LogP contribution in [-0.2, 0) is 16.1 Å². The van der Waals surface area contributed by atoms with Gasteiger partial charge in [0.05, 0.1) is 5.56 Å². The number of fused-ring (bicyclic) bond motifs is 1. The molecule has 0 saturated heterocycles. The second kappa shape index (κ2) is 8.89. The highest BCUT2D eigenvalue weighted by atomic mass is 16.5. The summed E-state index contributed by atoms with van der Waals surface area (Å²) in [6, 6.07) is 16.6. The lowest BCUT2D eigenvalue weighted by Gasteiger charge is -2.07. The van der Waals surface area contributed by atoms with E-state index in [1.165, 1.54) is 0 Å². The maximum absolute atomic E-state index is 12.5. The fourth-order valence-corrected chi connectivity index (χ4v) is 2.59. The zero-order chi connectivity index (χ0) is 19.1.